The Morgan fingerprint density at radius 2 is 1.76 bits per heavy atom. The molecule has 0 aromatic heterocycles. The fourth-order valence-corrected chi connectivity index (χ4v) is 1.34. The molecule has 4 N–H and O–H groups in total. The number of carboxylic acids is 2. The Labute approximate surface area is 97.5 Å². The van der Waals surface area contributed by atoms with E-state index in [0.29, 0.717) is 5.56 Å². The van der Waals surface area contributed by atoms with Crippen molar-refractivity contribution in [3.05, 3.63) is 29.8 Å². The van der Waals surface area contributed by atoms with E-state index in [1.54, 1.807) is 0 Å². The summed E-state index contributed by atoms with van der Waals surface area (Å²) in [4.78, 5) is 21.3. The average Bonchev–Trinajstić information content (AvgIpc) is 2.25. The molecule has 0 aliphatic rings. The summed E-state index contributed by atoms with van der Waals surface area (Å²) in [7, 11) is 0. The van der Waals surface area contributed by atoms with Crippen molar-refractivity contribution in [2.45, 2.75) is 12.5 Å². The molecule has 0 heterocycles. The smallest absolute Gasteiger partial charge is 0.325 e. The summed E-state index contributed by atoms with van der Waals surface area (Å²) in [5.74, 6) is -2.04. The highest BCUT2D eigenvalue weighted by Crippen LogP contribution is 2.17. The summed E-state index contributed by atoms with van der Waals surface area (Å²) >= 11 is 0. The second-order valence-electron chi connectivity index (χ2n) is 3.46. The molecule has 0 saturated carbocycles. The van der Waals surface area contributed by atoms with Gasteiger partial charge in [0.2, 0.25) is 0 Å². The maximum absolute atomic E-state index is 11.0. The van der Waals surface area contributed by atoms with Gasteiger partial charge >= 0.3 is 11.9 Å². The number of carbonyl (C=O) groups is 2. The Bertz CT molecular complexity index is 401. The molecule has 0 radical (unpaired) electrons. The quantitative estimate of drug-likeness (QED) is 0.578. The lowest BCUT2D eigenvalue weighted by Crippen LogP contribution is -2.30. The van der Waals surface area contributed by atoms with Gasteiger partial charge in [0.15, 0.2) is 0 Å². The largest absolute Gasteiger partial charge is 0.508 e. The van der Waals surface area contributed by atoms with Crippen LogP contribution in [0.4, 0.5) is 0 Å². The summed E-state index contributed by atoms with van der Waals surface area (Å²) < 4.78 is 0. The first-order chi connectivity index (χ1) is 8.00. The number of carboxylic acid groups (broad SMARTS) is 2. The van der Waals surface area contributed by atoms with Crippen LogP contribution in [0.5, 0.6) is 5.75 Å². The summed E-state index contributed by atoms with van der Waals surface area (Å²) in [6, 6.07) is 4.73. The van der Waals surface area contributed by atoms with Crippen molar-refractivity contribution in [2.24, 2.45) is 0 Å². The predicted molar refractivity (Wildman–Crippen MR) is 58.7 cm³/mol. The van der Waals surface area contributed by atoms with Crippen LogP contribution in [0.1, 0.15) is 18.0 Å². The number of rotatable bonds is 6. The number of hydrogen-bond donors (Lipinski definition) is 4. The molecule has 0 aliphatic heterocycles. The highest BCUT2D eigenvalue weighted by Gasteiger charge is 2.18. The van der Waals surface area contributed by atoms with E-state index in [9.17, 15) is 9.59 Å². The van der Waals surface area contributed by atoms with Gasteiger partial charge in [-0.05, 0) is 17.7 Å². The first-order valence-electron chi connectivity index (χ1n) is 4.97. The van der Waals surface area contributed by atoms with Crippen LogP contribution in [0.3, 0.4) is 0 Å². The van der Waals surface area contributed by atoms with Gasteiger partial charge in [-0.15, -0.1) is 0 Å². The van der Waals surface area contributed by atoms with Gasteiger partial charge in [0.25, 0.3) is 0 Å². The van der Waals surface area contributed by atoms with Gasteiger partial charge < -0.3 is 20.6 Å². The van der Waals surface area contributed by atoms with Crippen LogP contribution in [0.25, 0.3) is 0 Å². The Morgan fingerprint density at radius 3 is 2.24 bits per heavy atom. The molecule has 0 amide bonds. The Balaban J connectivity index is 2.69. The van der Waals surface area contributed by atoms with E-state index in [1.165, 1.54) is 24.3 Å². The Morgan fingerprint density at radius 1 is 1.18 bits per heavy atom. The molecule has 0 bridgehead atoms. The molecular weight excluding hydrogens is 226 g/mol. The molecule has 1 aromatic rings. The van der Waals surface area contributed by atoms with Gasteiger partial charge in [-0.1, -0.05) is 12.1 Å². The lowest BCUT2D eigenvalue weighted by Gasteiger charge is -2.14. The number of nitrogens with one attached hydrogen (secondary N) is 1. The Kier molecular flexibility index (Phi) is 4.47. The number of aromatic hydroxyl groups is 1. The molecule has 1 atom stereocenters. The molecule has 0 saturated heterocycles. The topological polar surface area (TPSA) is 107 Å². The van der Waals surface area contributed by atoms with Gasteiger partial charge in [0, 0.05) is 6.54 Å². The van der Waals surface area contributed by atoms with E-state index < -0.39 is 18.0 Å². The molecule has 1 rings (SSSR count). The summed E-state index contributed by atoms with van der Waals surface area (Å²) in [6.07, 6.45) is -0.151. The van der Waals surface area contributed by atoms with Crippen molar-refractivity contribution in [2.75, 3.05) is 6.54 Å². The third-order valence-corrected chi connectivity index (χ3v) is 2.16. The number of aliphatic carboxylic acids is 2. The lowest BCUT2D eigenvalue weighted by atomic mass is 10.1. The van der Waals surface area contributed by atoms with Crippen LogP contribution in [-0.2, 0) is 9.59 Å². The molecule has 1 aromatic carbocycles. The maximum atomic E-state index is 11.0. The predicted octanol–water partition coefficient (Wildman–Crippen LogP) is 0.582. The van der Waals surface area contributed by atoms with E-state index in [-0.39, 0.29) is 18.7 Å². The lowest BCUT2D eigenvalue weighted by molar-refractivity contribution is -0.141. The van der Waals surface area contributed by atoms with E-state index in [0.717, 1.165) is 0 Å². The van der Waals surface area contributed by atoms with Crippen molar-refractivity contribution in [1.29, 1.82) is 0 Å². The minimum Gasteiger partial charge on any atom is -0.508 e. The van der Waals surface area contributed by atoms with E-state index in [4.69, 9.17) is 15.3 Å². The molecule has 0 fully saturated rings. The number of hydrogen-bond acceptors (Lipinski definition) is 4. The molecule has 92 valence electrons. The summed E-state index contributed by atoms with van der Waals surface area (Å²) in [6.45, 7) is 0.0627. The van der Waals surface area contributed by atoms with Crippen LogP contribution in [0.15, 0.2) is 24.3 Å². The first-order valence-corrected chi connectivity index (χ1v) is 4.97. The molecule has 1 unspecified atom stereocenters. The van der Waals surface area contributed by atoms with Crippen LogP contribution in [0, 0.1) is 0 Å². The third-order valence-electron chi connectivity index (χ3n) is 2.16. The third kappa shape index (κ3) is 4.12. The molecule has 6 heteroatoms. The van der Waals surface area contributed by atoms with E-state index in [2.05, 4.69) is 5.32 Å². The molecule has 6 nitrogen and oxygen atoms in total. The van der Waals surface area contributed by atoms with Gasteiger partial charge in [-0.25, -0.2) is 0 Å². The summed E-state index contributed by atoms with van der Waals surface area (Å²) in [5, 5.41) is 29.1. The minimum atomic E-state index is -1.10. The monoisotopic (exact) mass is 239 g/mol. The van der Waals surface area contributed by atoms with Crippen LogP contribution < -0.4 is 5.32 Å². The van der Waals surface area contributed by atoms with E-state index in [1.807, 2.05) is 0 Å². The standard InChI is InChI=1S/C11H13NO5/c13-8-3-1-7(2-4-8)10(11(16)17)12-6-5-9(14)15/h1-4,10,12-13H,5-6H2,(H,14,15)(H,16,17). The molecule has 0 spiro atoms. The fraction of sp³-hybridized carbons (Fsp3) is 0.273. The normalized spacial score (nSPS) is 12.0. The zero-order valence-corrected chi connectivity index (χ0v) is 8.96. The second-order valence-corrected chi connectivity index (χ2v) is 3.46. The van der Waals surface area contributed by atoms with Crippen molar-refractivity contribution in [3.63, 3.8) is 0 Å². The number of benzene rings is 1. The van der Waals surface area contributed by atoms with Crippen molar-refractivity contribution >= 4 is 11.9 Å². The number of phenolic OH excluding ortho intramolecular Hbond substituents is 1. The summed E-state index contributed by atoms with van der Waals surface area (Å²) in [5.41, 5.74) is 0.459. The zero-order chi connectivity index (χ0) is 12.8. The minimum absolute atomic E-state index is 0.0448. The van der Waals surface area contributed by atoms with Crippen molar-refractivity contribution < 1.29 is 24.9 Å². The van der Waals surface area contributed by atoms with Gasteiger partial charge in [-0.2, -0.15) is 0 Å². The molecule has 17 heavy (non-hydrogen) atoms. The van der Waals surface area contributed by atoms with E-state index >= 15 is 0 Å². The van der Waals surface area contributed by atoms with Crippen molar-refractivity contribution in [3.8, 4) is 5.75 Å². The first kappa shape index (κ1) is 13.0. The van der Waals surface area contributed by atoms with Crippen LogP contribution in [0.2, 0.25) is 0 Å². The van der Waals surface area contributed by atoms with Crippen molar-refractivity contribution in [1.82, 2.24) is 5.32 Å². The SMILES string of the molecule is O=C(O)CCNC(C(=O)O)c1ccc(O)cc1. The second kappa shape index (κ2) is 5.86. The van der Waals surface area contributed by atoms with Gasteiger partial charge in [0.05, 0.1) is 6.42 Å². The Hall–Kier alpha value is -2.08. The molecular formula is C11H13NO5. The molecule has 0 aliphatic carbocycles. The number of phenols is 1. The van der Waals surface area contributed by atoms with Crippen LogP contribution >= 0.6 is 0 Å². The maximum Gasteiger partial charge on any atom is 0.325 e. The fourth-order valence-electron chi connectivity index (χ4n) is 1.34. The van der Waals surface area contributed by atoms with Gasteiger partial charge in [-0.3, -0.25) is 9.59 Å². The van der Waals surface area contributed by atoms with Gasteiger partial charge in [0.1, 0.15) is 11.8 Å². The highest BCUT2D eigenvalue weighted by atomic mass is 16.4. The van der Waals surface area contributed by atoms with Crippen LogP contribution in [-0.4, -0.2) is 33.8 Å². The average molecular weight is 239 g/mol. The highest BCUT2D eigenvalue weighted by molar-refractivity contribution is 5.75. The zero-order valence-electron chi connectivity index (χ0n) is 8.96.